The van der Waals surface area contributed by atoms with Crippen LogP contribution in [0.3, 0.4) is 0 Å². The van der Waals surface area contributed by atoms with Crippen LogP contribution in [0.5, 0.6) is 11.5 Å². The lowest BCUT2D eigenvalue weighted by Crippen LogP contribution is -2.37. The predicted molar refractivity (Wildman–Crippen MR) is 173 cm³/mol. The minimum absolute atomic E-state index is 0.184. The Labute approximate surface area is 257 Å². The van der Waals surface area contributed by atoms with Crippen molar-refractivity contribution >= 4 is 12.1 Å². The van der Waals surface area contributed by atoms with Gasteiger partial charge in [-0.2, -0.15) is 0 Å². The van der Waals surface area contributed by atoms with Gasteiger partial charge >= 0.3 is 12.1 Å². The molecule has 0 aromatic heterocycles. The van der Waals surface area contributed by atoms with Crippen LogP contribution in [0.2, 0.25) is 0 Å². The van der Waals surface area contributed by atoms with Crippen molar-refractivity contribution in [3.05, 3.63) is 22.3 Å². The zero-order chi connectivity index (χ0) is 31.7. The third-order valence-corrected chi connectivity index (χ3v) is 8.83. The molecule has 240 valence electrons. The summed E-state index contributed by atoms with van der Waals surface area (Å²) in [6.07, 6.45) is 12.8. The molecule has 0 fully saturated rings. The van der Waals surface area contributed by atoms with Gasteiger partial charge < -0.3 is 19.5 Å². The number of ether oxygens (including phenoxy) is 3. The van der Waals surface area contributed by atoms with Crippen LogP contribution in [-0.4, -0.2) is 29.8 Å². The van der Waals surface area contributed by atoms with Gasteiger partial charge in [0.15, 0.2) is 0 Å². The number of benzene rings is 1. The fourth-order valence-electron chi connectivity index (χ4n) is 6.02. The maximum Gasteiger partial charge on any atom is 0.408 e. The molecule has 3 unspecified atom stereocenters. The molecule has 1 aliphatic rings. The first-order chi connectivity index (χ1) is 19.5. The van der Waals surface area contributed by atoms with E-state index in [9.17, 15) is 9.59 Å². The van der Waals surface area contributed by atoms with Crippen molar-refractivity contribution in [1.29, 1.82) is 0 Å². The molecular formula is C36H61NO5. The molecule has 1 heterocycles. The van der Waals surface area contributed by atoms with Crippen molar-refractivity contribution in [1.82, 2.24) is 5.32 Å². The summed E-state index contributed by atoms with van der Waals surface area (Å²) in [7, 11) is 0. The maximum atomic E-state index is 12.6. The molecule has 1 aliphatic heterocycles. The zero-order valence-electron chi connectivity index (χ0n) is 28.8. The summed E-state index contributed by atoms with van der Waals surface area (Å²) in [6.45, 7) is 22.8. The van der Waals surface area contributed by atoms with E-state index in [1.54, 1.807) is 20.8 Å². The van der Waals surface area contributed by atoms with Gasteiger partial charge in [-0.05, 0) is 109 Å². The van der Waals surface area contributed by atoms with Crippen LogP contribution in [0.1, 0.15) is 142 Å². The second-order valence-electron chi connectivity index (χ2n) is 14.8. The van der Waals surface area contributed by atoms with Gasteiger partial charge in [0.05, 0.1) is 0 Å². The topological polar surface area (TPSA) is 73.9 Å². The van der Waals surface area contributed by atoms with E-state index < -0.39 is 17.7 Å². The summed E-state index contributed by atoms with van der Waals surface area (Å²) >= 11 is 0. The van der Waals surface area contributed by atoms with E-state index in [1.165, 1.54) is 51.4 Å². The third-order valence-electron chi connectivity index (χ3n) is 8.83. The first-order valence-corrected chi connectivity index (χ1v) is 16.5. The average molecular weight is 588 g/mol. The van der Waals surface area contributed by atoms with Gasteiger partial charge in [0.2, 0.25) is 0 Å². The van der Waals surface area contributed by atoms with Gasteiger partial charge in [-0.3, -0.25) is 0 Å². The molecule has 0 saturated heterocycles. The molecule has 1 aromatic rings. The highest BCUT2D eigenvalue weighted by Crippen LogP contribution is 2.45. The Balaban J connectivity index is 1.88. The van der Waals surface area contributed by atoms with E-state index >= 15 is 0 Å². The highest BCUT2D eigenvalue weighted by Gasteiger charge is 2.35. The Morgan fingerprint density at radius 1 is 0.881 bits per heavy atom. The number of carbonyl (C=O) groups is 2. The van der Waals surface area contributed by atoms with Crippen molar-refractivity contribution in [2.75, 3.05) is 6.54 Å². The van der Waals surface area contributed by atoms with Crippen molar-refractivity contribution in [3.8, 4) is 11.5 Å². The lowest BCUT2D eigenvalue weighted by Gasteiger charge is -2.38. The summed E-state index contributed by atoms with van der Waals surface area (Å²) in [5.41, 5.74) is 3.15. The van der Waals surface area contributed by atoms with Gasteiger partial charge in [0.25, 0.3) is 0 Å². The Kier molecular flexibility index (Phi) is 13.7. The van der Waals surface area contributed by atoms with Crippen LogP contribution in [0.15, 0.2) is 0 Å². The van der Waals surface area contributed by atoms with E-state index in [0.717, 1.165) is 65.0 Å². The molecule has 42 heavy (non-hydrogen) atoms. The van der Waals surface area contributed by atoms with Crippen LogP contribution in [0.4, 0.5) is 4.79 Å². The standard InChI is InChI=1S/C36H61NO5/c1-24(2)15-12-16-25(3)17-13-18-26(4)19-14-21-36(11)22-20-30-29(7)32(27(5)28(6)33(30)41-36)40-31(38)23-37-34(39)42-35(8,9)10/h24-26H,12-23H2,1-11H3,(H,37,39). The Morgan fingerprint density at radius 3 is 2.02 bits per heavy atom. The zero-order valence-corrected chi connectivity index (χ0v) is 28.8. The summed E-state index contributed by atoms with van der Waals surface area (Å²) in [6, 6.07) is 0. The van der Waals surface area contributed by atoms with Crippen molar-refractivity contribution in [2.24, 2.45) is 17.8 Å². The number of fused-ring (bicyclic) bond motifs is 1. The first-order valence-electron chi connectivity index (χ1n) is 16.5. The second kappa shape index (κ2) is 16.0. The third kappa shape index (κ3) is 11.8. The maximum absolute atomic E-state index is 12.6. The van der Waals surface area contributed by atoms with Crippen LogP contribution in [0.25, 0.3) is 0 Å². The molecule has 0 bridgehead atoms. The molecule has 6 heteroatoms. The highest BCUT2D eigenvalue weighted by atomic mass is 16.6. The van der Waals surface area contributed by atoms with Crippen LogP contribution >= 0.6 is 0 Å². The summed E-state index contributed by atoms with van der Waals surface area (Å²) in [4.78, 5) is 24.5. The van der Waals surface area contributed by atoms with E-state index in [0.29, 0.717) is 5.75 Å². The molecule has 6 nitrogen and oxygen atoms in total. The van der Waals surface area contributed by atoms with Crippen molar-refractivity contribution in [3.63, 3.8) is 0 Å². The molecule has 1 aromatic carbocycles. The average Bonchev–Trinajstić information content (AvgIpc) is 2.87. The Bertz CT molecular complexity index is 1040. The van der Waals surface area contributed by atoms with Gasteiger partial charge in [0.1, 0.15) is 29.2 Å². The second-order valence-corrected chi connectivity index (χ2v) is 14.8. The van der Waals surface area contributed by atoms with Crippen molar-refractivity contribution < 1.29 is 23.8 Å². The highest BCUT2D eigenvalue weighted by molar-refractivity contribution is 5.80. The molecule has 0 radical (unpaired) electrons. The van der Waals surface area contributed by atoms with Gasteiger partial charge in [-0.15, -0.1) is 0 Å². The Hall–Kier alpha value is -2.24. The quantitative estimate of drug-likeness (QED) is 0.163. The van der Waals surface area contributed by atoms with Gasteiger partial charge in [-0.25, -0.2) is 9.59 Å². The number of alkyl carbamates (subject to hydrolysis) is 1. The minimum Gasteiger partial charge on any atom is -0.487 e. The molecular weight excluding hydrogens is 526 g/mol. The number of hydrogen-bond donors (Lipinski definition) is 1. The molecule has 1 N–H and O–H groups in total. The molecule has 2 rings (SSSR count). The Morgan fingerprint density at radius 2 is 1.45 bits per heavy atom. The fourth-order valence-corrected chi connectivity index (χ4v) is 6.02. The number of carbonyl (C=O) groups excluding carboxylic acids is 2. The SMILES string of the molecule is Cc1c(C)c2c(c(C)c1OC(=O)CNC(=O)OC(C)(C)C)CCC(C)(CCCC(C)CCCC(C)CCCC(C)C)O2. The first kappa shape index (κ1) is 36.0. The smallest absolute Gasteiger partial charge is 0.408 e. The number of rotatable bonds is 15. The van der Waals surface area contributed by atoms with Crippen molar-refractivity contribution in [2.45, 2.75) is 158 Å². The largest absolute Gasteiger partial charge is 0.487 e. The van der Waals surface area contributed by atoms with Gasteiger partial charge in [-0.1, -0.05) is 72.6 Å². The van der Waals surface area contributed by atoms with Gasteiger partial charge in [0, 0.05) is 5.56 Å². The lowest BCUT2D eigenvalue weighted by atomic mass is 9.83. The number of hydrogen-bond acceptors (Lipinski definition) is 5. The lowest BCUT2D eigenvalue weighted by molar-refractivity contribution is -0.133. The summed E-state index contributed by atoms with van der Waals surface area (Å²) < 4.78 is 17.7. The molecule has 0 spiro atoms. The molecule has 1 amide bonds. The number of amides is 1. The normalized spacial score (nSPS) is 18.2. The predicted octanol–water partition coefficient (Wildman–Crippen LogP) is 9.56. The molecule has 3 atom stereocenters. The molecule has 0 saturated carbocycles. The summed E-state index contributed by atoms with van der Waals surface area (Å²) in [5.74, 6) is 3.41. The van der Waals surface area contributed by atoms with Crippen LogP contribution < -0.4 is 14.8 Å². The molecule has 0 aliphatic carbocycles. The van der Waals surface area contributed by atoms with Crippen LogP contribution in [-0.2, 0) is 16.0 Å². The summed E-state index contributed by atoms with van der Waals surface area (Å²) in [5, 5.41) is 2.48. The fraction of sp³-hybridized carbons (Fsp3) is 0.778. The minimum atomic E-state index is -0.640. The number of nitrogens with one attached hydrogen (secondary N) is 1. The monoisotopic (exact) mass is 587 g/mol. The van der Waals surface area contributed by atoms with E-state index in [2.05, 4.69) is 39.9 Å². The van der Waals surface area contributed by atoms with E-state index in [-0.39, 0.29) is 12.1 Å². The van der Waals surface area contributed by atoms with E-state index in [1.807, 2.05) is 20.8 Å². The number of esters is 1. The van der Waals surface area contributed by atoms with E-state index in [4.69, 9.17) is 14.2 Å². The van der Waals surface area contributed by atoms with Crippen LogP contribution in [0, 0.1) is 38.5 Å².